The molecule has 1 amide bonds. The summed E-state index contributed by atoms with van der Waals surface area (Å²) in [6.07, 6.45) is 3.59. The molecule has 1 N–H and O–H groups in total. The van der Waals surface area contributed by atoms with Crippen molar-refractivity contribution in [3.8, 4) is 0 Å². The van der Waals surface area contributed by atoms with Crippen molar-refractivity contribution in [2.75, 3.05) is 6.54 Å². The average Bonchev–Trinajstić information content (AvgIpc) is 2.89. The fourth-order valence-electron chi connectivity index (χ4n) is 3.50. The zero-order valence-electron chi connectivity index (χ0n) is 12.5. The van der Waals surface area contributed by atoms with Gasteiger partial charge in [-0.1, -0.05) is 49.6 Å². The number of likely N-dealkylation sites (tertiary alicyclic amines) is 1. The maximum Gasteiger partial charge on any atom is 0.410 e. The van der Waals surface area contributed by atoms with Gasteiger partial charge in [0.15, 0.2) is 0 Å². The first-order valence-electron chi connectivity index (χ1n) is 7.87. The smallest absolute Gasteiger partial charge is 0.410 e. The SMILES string of the molecule is O=C(O)C1C(C2CCC2)CCN1C(=O)OCc1ccccc1. The summed E-state index contributed by atoms with van der Waals surface area (Å²) in [6.45, 7) is 0.655. The number of ether oxygens (including phenoxy) is 1. The van der Waals surface area contributed by atoms with Gasteiger partial charge in [0, 0.05) is 6.54 Å². The molecule has 0 radical (unpaired) electrons. The number of benzene rings is 1. The van der Waals surface area contributed by atoms with E-state index in [4.69, 9.17) is 4.74 Å². The molecule has 1 aliphatic heterocycles. The van der Waals surface area contributed by atoms with Crippen LogP contribution in [0, 0.1) is 11.8 Å². The number of amides is 1. The molecule has 1 aromatic carbocycles. The molecule has 2 aliphatic rings. The molecule has 1 saturated heterocycles. The summed E-state index contributed by atoms with van der Waals surface area (Å²) in [5.41, 5.74) is 0.900. The molecule has 22 heavy (non-hydrogen) atoms. The molecular weight excluding hydrogens is 282 g/mol. The Morgan fingerprint density at radius 1 is 1.18 bits per heavy atom. The van der Waals surface area contributed by atoms with E-state index in [0.717, 1.165) is 24.8 Å². The molecular formula is C17H21NO4. The quantitative estimate of drug-likeness (QED) is 0.928. The number of rotatable bonds is 4. The molecule has 0 aromatic heterocycles. The predicted octanol–water partition coefficient (Wildman–Crippen LogP) is 2.90. The highest BCUT2D eigenvalue weighted by Crippen LogP contribution is 2.41. The minimum Gasteiger partial charge on any atom is -0.480 e. The third-order valence-corrected chi connectivity index (χ3v) is 4.89. The molecule has 0 spiro atoms. The van der Waals surface area contributed by atoms with Crippen molar-refractivity contribution < 1.29 is 19.4 Å². The normalized spacial score (nSPS) is 24.8. The molecule has 3 rings (SSSR count). The molecule has 2 fully saturated rings. The van der Waals surface area contributed by atoms with Crippen molar-refractivity contribution in [2.45, 2.75) is 38.3 Å². The van der Waals surface area contributed by atoms with Gasteiger partial charge in [-0.05, 0) is 23.8 Å². The van der Waals surface area contributed by atoms with Crippen LogP contribution < -0.4 is 0 Å². The molecule has 5 heteroatoms. The first kappa shape index (κ1) is 14.9. The van der Waals surface area contributed by atoms with Gasteiger partial charge >= 0.3 is 12.1 Å². The van der Waals surface area contributed by atoms with Crippen LogP contribution in [-0.4, -0.2) is 34.7 Å². The number of hydrogen-bond acceptors (Lipinski definition) is 3. The van der Waals surface area contributed by atoms with E-state index in [1.54, 1.807) is 0 Å². The van der Waals surface area contributed by atoms with Gasteiger partial charge in [-0.25, -0.2) is 9.59 Å². The molecule has 1 saturated carbocycles. The molecule has 2 unspecified atom stereocenters. The number of carbonyl (C=O) groups is 2. The number of carbonyl (C=O) groups excluding carboxylic acids is 1. The van der Waals surface area contributed by atoms with Gasteiger partial charge in [0.05, 0.1) is 0 Å². The van der Waals surface area contributed by atoms with Crippen LogP contribution in [0.1, 0.15) is 31.2 Å². The fourth-order valence-corrected chi connectivity index (χ4v) is 3.50. The van der Waals surface area contributed by atoms with E-state index in [-0.39, 0.29) is 12.5 Å². The molecule has 118 valence electrons. The van der Waals surface area contributed by atoms with Crippen LogP contribution in [0.4, 0.5) is 4.79 Å². The van der Waals surface area contributed by atoms with Crippen molar-refractivity contribution >= 4 is 12.1 Å². The Bertz CT molecular complexity index is 541. The van der Waals surface area contributed by atoms with Gasteiger partial charge in [-0.2, -0.15) is 0 Å². The minimum atomic E-state index is -0.911. The second-order valence-corrected chi connectivity index (χ2v) is 6.16. The summed E-state index contributed by atoms with van der Waals surface area (Å²) in [4.78, 5) is 25.2. The Morgan fingerprint density at radius 3 is 2.50 bits per heavy atom. The molecule has 1 aliphatic carbocycles. The third kappa shape index (κ3) is 2.93. The topological polar surface area (TPSA) is 66.8 Å². The molecule has 2 atom stereocenters. The van der Waals surface area contributed by atoms with Crippen LogP contribution >= 0.6 is 0 Å². The lowest BCUT2D eigenvalue weighted by atomic mass is 9.73. The van der Waals surface area contributed by atoms with Gasteiger partial charge in [-0.15, -0.1) is 0 Å². The number of carboxylic acids is 1. The number of nitrogens with zero attached hydrogens (tertiary/aromatic N) is 1. The minimum absolute atomic E-state index is 0.0792. The lowest BCUT2D eigenvalue weighted by Gasteiger charge is -2.34. The van der Waals surface area contributed by atoms with Crippen molar-refractivity contribution in [3.05, 3.63) is 35.9 Å². The molecule has 5 nitrogen and oxygen atoms in total. The zero-order valence-corrected chi connectivity index (χ0v) is 12.5. The summed E-state index contributed by atoms with van der Waals surface area (Å²) < 4.78 is 5.30. The first-order valence-corrected chi connectivity index (χ1v) is 7.87. The number of carboxylic acid groups (broad SMARTS) is 1. The Kier molecular flexibility index (Phi) is 4.32. The van der Waals surface area contributed by atoms with Crippen molar-refractivity contribution in [2.24, 2.45) is 11.8 Å². The van der Waals surface area contributed by atoms with E-state index in [1.807, 2.05) is 30.3 Å². The van der Waals surface area contributed by atoms with E-state index >= 15 is 0 Å². The maximum atomic E-state index is 12.2. The Balaban J connectivity index is 1.62. The third-order valence-electron chi connectivity index (χ3n) is 4.89. The highest BCUT2D eigenvalue weighted by atomic mass is 16.6. The highest BCUT2D eigenvalue weighted by molar-refractivity contribution is 5.81. The van der Waals surface area contributed by atoms with Crippen LogP contribution in [-0.2, 0) is 16.1 Å². The second-order valence-electron chi connectivity index (χ2n) is 6.16. The first-order chi connectivity index (χ1) is 10.7. The monoisotopic (exact) mass is 303 g/mol. The van der Waals surface area contributed by atoms with Crippen molar-refractivity contribution in [1.82, 2.24) is 4.90 Å². The number of aliphatic carboxylic acids is 1. The summed E-state index contributed by atoms with van der Waals surface area (Å²) in [6, 6.07) is 8.69. The summed E-state index contributed by atoms with van der Waals surface area (Å²) in [7, 11) is 0. The maximum absolute atomic E-state index is 12.2. The Morgan fingerprint density at radius 2 is 1.91 bits per heavy atom. The van der Waals surface area contributed by atoms with Crippen LogP contribution in [0.3, 0.4) is 0 Å². The summed E-state index contributed by atoms with van der Waals surface area (Å²) in [5.74, 6) is -0.380. The molecule has 1 aromatic rings. The lowest BCUT2D eigenvalue weighted by molar-refractivity contribution is -0.144. The van der Waals surface area contributed by atoms with E-state index in [9.17, 15) is 14.7 Å². The fraction of sp³-hybridized carbons (Fsp3) is 0.529. The van der Waals surface area contributed by atoms with E-state index < -0.39 is 18.1 Å². The van der Waals surface area contributed by atoms with Crippen LogP contribution in [0.5, 0.6) is 0 Å². The van der Waals surface area contributed by atoms with Crippen LogP contribution in [0.25, 0.3) is 0 Å². The average molecular weight is 303 g/mol. The van der Waals surface area contributed by atoms with Gasteiger partial charge in [0.1, 0.15) is 12.6 Å². The summed E-state index contributed by atoms with van der Waals surface area (Å²) in [5, 5.41) is 9.51. The largest absolute Gasteiger partial charge is 0.480 e. The van der Waals surface area contributed by atoms with Crippen LogP contribution in [0.2, 0.25) is 0 Å². The van der Waals surface area contributed by atoms with Gasteiger partial charge < -0.3 is 9.84 Å². The van der Waals surface area contributed by atoms with E-state index in [0.29, 0.717) is 12.5 Å². The highest BCUT2D eigenvalue weighted by Gasteiger charge is 2.47. The molecule has 1 heterocycles. The van der Waals surface area contributed by atoms with E-state index in [2.05, 4.69) is 0 Å². The summed E-state index contributed by atoms with van der Waals surface area (Å²) >= 11 is 0. The number of hydrogen-bond donors (Lipinski definition) is 1. The van der Waals surface area contributed by atoms with Crippen LogP contribution in [0.15, 0.2) is 30.3 Å². The molecule has 0 bridgehead atoms. The Hall–Kier alpha value is -2.04. The van der Waals surface area contributed by atoms with Gasteiger partial charge in [0.25, 0.3) is 0 Å². The van der Waals surface area contributed by atoms with Gasteiger partial charge in [0.2, 0.25) is 0 Å². The van der Waals surface area contributed by atoms with Gasteiger partial charge in [-0.3, -0.25) is 4.90 Å². The van der Waals surface area contributed by atoms with Crippen molar-refractivity contribution in [1.29, 1.82) is 0 Å². The van der Waals surface area contributed by atoms with Crippen molar-refractivity contribution in [3.63, 3.8) is 0 Å². The van der Waals surface area contributed by atoms with E-state index in [1.165, 1.54) is 11.3 Å². The standard InChI is InChI=1S/C17H21NO4/c19-16(20)15-14(13-7-4-8-13)9-10-18(15)17(21)22-11-12-5-2-1-3-6-12/h1-3,5-6,13-15H,4,7-11H2,(H,19,20). The zero-order chi connectivity index (χ0) is 15.5. The lowest BCUT2D eigenvalue weighted by Crippen LogP contribution is -2.45. The Labute approximate surface area is 129 Å². The second kappa shape index (κ2) is 6.38. The predicted molar refractivity (Wildman–Crippen MR) is 80.2 cm³/mol.